The Morgan fingerprint density at radius 3 is 1.65 bits per heavy atom. The van der Waals surface area contributed by atoms with E-state index in [1.807, 2.05) is 19.1 Å². The number of benzene rings is 3. The van der Waals surface area contributed by atoms with Crippen molar-refractivity contribution in [1.29, 1.82) is 0 Å². The fourth-order valence-corrected chi connectivity index (χ4v) is 9.93. The first kappa shape index (κ1) is 54.3. The van der Waals surface area contributed by atoms with Gasteiger partial charge >= 0.3 is 11.8 Å². The van der Waals surface area contributed by atoms with Crippen molar-refractivity contribution in [3.63, 3.8) is 0 Å². The topological polar surface area (TPSA) is 112 Å². The zero-order valence-electron chi connectivity index (χ0n) is 38.7. The molecule has 0 aromatic heterocycles. The number of hydrazine groups is 1. The maximum atomic E-state index is 13.7. The summed E-state index contributed by atoms with van der Waals surface area (Å²) in [5, 5.41) is 12.0. The zero-order valence-corrected chi connectivity index (χ0v) is 42.6. The zero-order chi connectivity index (χ0) is 46.9. The van der Waals surface area contributed by atoms with Gasteiger partial charge in [0, 0.05) is 46.8 Å². The standard InChI is InChI=1S/C51H71Cl4N5O4S/c1-4-7-9-11-13-15-17-19-21-23-31-56-49(62)38-27-25-28-41(33-38)65-46-37-58-60(48-43(54)35-40(52)36-44(48)55)51(46,64-47(61)26-6-3)59-45-34-39(29-30-42(45)53)50(63)57-32-24-22-20-18-16-14-12-10-8-5-2/h25,27-30,33-37,58-59H,4-24,26,31-32H2,1-3H3,(H,56,62)(H,57,63). The summed E-state index contributed by atoms with van der Waals surface area (Å²) in [6.07, 6.45) is 26.5. The number of anilines is 2. The van der Waals surface area contributed by atoms with Crippen LogP contribution < -0.4 is 26.4 Å². The van der Waals surface area contributed by atoms with Crippen LogP contribution in [0.4, 0.5) is 11.4 Å². The molecular weight excluding hydrogens is 920 g/mol. The third kappa shape index (κ3) is 18.0. The first-order valence-electron chi connectivity index (χ1n) is 24.1. The van der Waals surface area contributed by atoms with Gasteiger partial charge in [0.25, 0.3) is 11.8 Å². The minimum absolute atomic E-state index is 0.0984. The number of hydrogen-bond donors (Lipinski definition) is 4. The average molecular weight is 992 g/mol. The van der Waals surface area contributed by atoms with E-state index < -0.39 is 11.8 Å². The van der Waals surface area contributed by atoms with E-state index in [4.69, 9.17) is 51.1 Å². The molecular formula is C51H71Cl4N5O4S. The van der Waals surface area contributed by atoms with E-state index in [1.165, 1.54) is 113 Å². The Kier molecular flexibility index (Phi) is 25.2. The van der Waals surface area contributed by atoms with Crippen molar-refractivity contribution in [2.24, 2.45) is 0 Å². The molecule has 4 rings (SSSR count). The molecule has 1 unspecified atom stereocenters. The molecule has 3 aromatic rings. The summed E-state index contributed by atoms with van der Waals surface area (Å²) in [6.45, 7) is 7.50. The molecule has 2 amide bonds. The van der Waals surface area contributed by atoms with Gasteiger partial charge in [0.15, 0.2) is 0 Å². The van der Waals surface area contributed by atoms with Crippen molar-refractivity contribution in [2.75, 3.05) is 23.4 Å². The number of nitrogens with one attached hydrogen (secondary N) is 4. The van der Waals surface area contributed by atoms with Crippen LogP contribution in [0.15, 0.2) is 70.6 Å². The molecule has 0 saturated carbocycles. The van der Waals surface area contributed by atoms with E-state index in [9.17, 15) is 14.4 Å². The molecule has 9 nitrogen and oxygen atoms in total. The molecule has 1 aliphatic rings. The largest absolute Gasteiger partial charge is 0.413 e. The van der Waals surface area contributed by atoms with E-state index in [2.05, 4.69) is 35.2 Å². The first-order valence-corrected chi connectivity index (χ1v) is 26.4. The molecule has 14 heteroatoms. The SMILES string of the molecule is CCCCCCCCCCCCNC(=O)c1cccc(SC2=CNN(c3c(Cl)cc(Cl)cc3Cl)C2(Nc2cc(C(=O)NCCCCCCCCCCCC)ccc2Cl)OC(=O)CCC)c1. The molecule has 0 spiro atoms. The van der Waals surface area contributed by atoms with Crippen LogP contribution in [0.3, 0.4) is 0 Å². The normalized spacial score (nSPS) is 14.5. The van der Waals surface area contributed by atoms with Crippen molar-refractivity contribution < 1.29 is 19.1 Å². The van der Waals surface area contributed by atoms with Crippen LogP contribution in [0.2, 0.25) is 20.1 Å². The summed E-state index contributed by atoms with van der Waals surface area (Å²) >= 11 is 28.2. The molecule has 4 N–H and O–H groups in total. The summed E-state index contributed by atoms with van der Waals surface area (Å²) in [7, 11) is 0. The van der Waals surface area contributed by atoms with Crippen LogP contribution in [-0.4, -0.2) is 36.7 Å². The second-order valence-electron chi connectivity index (χ2n) is 16.9. The fraction of sp³-hybridized carbons (Fsp3) is 0.549. The van der Waals surface area contributed by atoms with Gasteiger partial charge in [-0.15, -0.1) is 0 Å². The highest BCUT2D eigenvalue weighted by Crippen LogP contribution is 2.48. The van der Waals surface area contributed by atoms with E-state index >= 15 is 0 Å². The van der Waals surface area contributed by atoms with Crippen molar-refractivity contribution in [3.05, 3.63) is 96.9 Å². The van der Waals surface area contributed by atoms with Gasteiger partial charge in [-0.2, -0.15) is 0 Å². The molecule has 1 atom stereocenters. The Bertz CT molecular complexity index is 1960. The van der Waals surface area contributed by atoms with E-state index in [1.54, 1.807) is 48.7 Å². The molecule has 0 radical (unpaired) electrons. The second-order valence-corrected chi connectivity index (χ2v) is 19.7. The molecule has 0 saturated heterocycles. The van der Waals surface area contributed by atoms with Crippen LogP contribution in [-0.2, 0) is 9.53 Å². The average Bonchev–Trinajstić information content (AvgIpc) is 3.59. The lowest BCUT2D eigenvalue weighted by Gasteiger charge is -2.41. The first-order chi connectivity index (χ1) is 31.5. The van der Waals surface area contributed by atoms with Gasteiger partial charge in [-0.25, -0.2) is 5.01 Å². The lowest BCUT2D eigenvalue weighted by Crippen LogP contribution is -2.59. The summed E-state index contributed by atoms with van der Waals surface area (Å²) < 4.78 is 6.47. The van der Waals surface area contributed by atoms with Crippen molar-refractivity contribution in [2.45, 2.75) is 173 Å². The molecule has 0 fully saturated rings. The Morgan fingerprint density at radius 2 is 1.12 bits per heavy atom. The predicted molar refractivity (Wildman–Crippen MR) is 275 cm³/mol. The number of esters is 1. The molecule has 0 bridgehead atoms. The summed E-state index contributed by atoms with van der Waals surface area (Å²) in [5.41, 5.74) is 4.66. The number of carbonyl (C=O) groups is 3. The summed E-state index contributed by atoms with van der Waals surface area (Å²) in [6, 6.07) is 15.3. The van der Waals surface area contributed by atoms with Crippen LogP contribution in [0.25, 0.3) is 0 Å². The Hall–Kier alpha value is -3.28. The highest BCUT2D eigenvalue weighted by Gasteiger charge is 2.51. The lowest BCUT2D eigenvalue weighted by atomic mass is 10.1. The number of nitrogens with zero attached hydrogens (tertiary/aromatic N) is 1. The third-order valence-corrected chi connectivity index (χ3v) is 13.6. The maximum absolute atomic E-state index is 13.7. The van der Waals surface area contributed by atoms with Gasteiger partial charge in [0.1, 0.15) is 5.69 Å². The van der Waals surface area contributed by atoms with E-state index in [-0.39, 0.29) is 39.0 Å². The summed E-state index contributed by atoms with van der Waals surface area (Å²) in [5.74, 6) is -2.81. The Balaban J connectivity index is 1.52. The van der Waals surface area contributed by atoms with Gasteiger partial charge in [-0.3, -0.25) is 19.8 Å². The summed E-state index contributed by atoms with van der Waals surface area (Å²) in [4.78, 5) is 41.8. The van der Waals surface area contributed by atoms with E-state index in [0.717, 1.165) is 32.1 Å². The quantitative estimate of drug-likeness (QED) is 0.0278. The van der Waals surface area contributed by atoms with Crippen molar-refractivity contribution >= 4 is 87.3 Å². The fourth-order valence-electron chi connectivity index (χ4n) is 7.76. The van der Waals surface area contributed by atoms with Gasteiger partial charge < -0.3 is 20.7 Å². The van der Waals surface area contributed by atoms with Crippen molar-refractivity contribution in [1.82, 2.24) is 16.1 Å². The highest BCUT2D eigenvalue weighted by atomic mass is 35.5. The third-order valence-electron chi connectivity index (χ3n) is 11.4. The minimum Gasteiger partial charge on any atom is -0.413 e. The van der Waals surface area contributed by atoms with Crippen LogP contribution in [0, 0.1) is 0 Å². The van der Waals surface area contributed by atoms with E-state index in [0.29, 0.717) is 51.1 Å². The Labute approximate surface area is 413 Å². The van der Waals surface area contributed by atoms with Crippen molar-refractivity contribution in [3.8, 4) is 0 Å². The van der Waals surface area contributed by atoms with Gasteiger partial charge in [-0.1, -0.05) is 201 Å². The predicted octanol–water partition coefficient (Wildman–Crippen LogP) is 15.7. The van der Waals surface area contributed by atoms with Crippen LogP contribution in [0.5, 0.6) is 0 Å². The minimum atomic E-state index is -1.86. The molecule has 1 heterocycles. The van der Waals surface area contributed by atoms with Crippen LogP contribution in [0.1, 0.15) is 183 Å². The van der Waals surface area contributed by atoms with Crippen LogP contribution >= 0.6 is 58.2 Å². The highest BCUT2D eigenvalue weighted by molar-refractivity contribution is 8.03. The smallest absolute Gasteiger partial charge is 0.317 e. The number of carbonyl (C=O) groups excluding carboxylic acids is 3. The number of rotatable bonds is 32. The molecule has 358 valence electrons. The molecule has 3 aromatic carbocycles. The molecule has 65 heavy (non-hydrogen) atoms. The number of halogens is 4. The number of thioether (sulfide) groups is 1. The molecule has 0 aliphatic carbocycles. The second kappa shape index (κ2) is 30.2. The van der Waals surface area contributed by atoms with Gasteiger partial charge in [0.05, 0.1) is 25.7 Å². The maximum Gasteiger partial charge on any atom is 0.317 e. The Morgan fingerprint density at radius 1 is 0.615 bits per heavy atom. The number of hydrogen-bond acceptors (Lipinski definition) is 8. The van der Waals surface area contributed by atoms with Gasteiger partial charge in [0.2, 0.25) is 0 Å². The monoisotopic (exact) mass is 989 g/mol. The van der Waals surface area contributed by atoms with Gasteiger partial charge in [-0.05, 0) is 67.8 Å². The number of unbranched alkanes of at least 4 members (excludes halogenated alkanes) is 18. The number of ether oxygens (including phenoxy) is 1. The lowest BCUT2D eigenvalue weighted by molar-refractivity contribution is -0.153. The molecule has 1 aliphatic heterocycles. The number of amides is 2.